The number of aryl methyl sites for hydroxylation is 1. The van der Waals surface area contributed by atoms with Crippen molar-refractivity contribution in [1.29, 1.82) is 0 Å². The van der Waals surface area contributed by atoms with Gasteiger partial charge in [0.15, 0.2) is 11.5 Å². The van der Waals surface area contributed by atoms with E-state index in [1.807, 2.05) is 6.07 Å². The fraction of sp³-hybridized carbons (Fsp3) is 0.412. The Morgan fingerprint density at radius 1 is 1.05 bits per heavy atom. The average Bonchev–Trinajstić information content (AvgIpc) is 2.74. The van der Waals surface area contributed by atoms with Crippen molar-refractivity contribution in [1.82, 2.24) is 9.88 Å². The van der Waals surface area contributed by atoms with Crippen molar-refractivity contribution in [3.8, 4) is 11.5 Å². The summed E-state index contributed by atoms with van der Waals surface area (Å²) in [5.74, 6) is 1.70. The number of rotatable bonds is 4. The van der Waals surface area contributed by atoms with E-state index >= 15 is 0 Å². The molecule has 1 N–H and O–H groups in total. The maximum absolute atomic E-state index is 5.61. The van der Waals surface area contributed by atoms with E-state index < -0.39 is 0 Å². The first-order chi connectivity index (χ1) is 10.1. The largest absolute Gasteiger partial charge is 0.486 e. The maximum atomic E-state index is 5.61. The average molecular weight is 286 g/mol. The van der Waals surface area contributed by atoms with E-state index in [9.17, 15) is 0 Å². The molecule has 3 rings (SSSR count). The monoisotopic (exact) mass is 286 g/mol. The van der Waals surface area contributed by atoms with Crippen LogP contribution in [-0.4, -0.2) is 17.8 Å². The minimum Gasteiger partial charge on any atom is -0.486 e. The summed E-state index contributed by atoms with van der Waals surface area (Å²) in [6.45, 7) is 7.26. The van der Waals surface area contributed by atoms with Crippen LogP contribution < -0.4 is 14.8 Å². The molecule has 0 radical (unpaired) electrons. The van der Waals surface area contributed by atoms with Gasteiger partial charge in [-0.25, -0.2) is 0 Å². The minimum atomic E-state index is 0.631. The molecule has 1 aromatic heterocycles. The van der Waals surface area contributed by atoms with Crippen LogP contribution in [0.2, 0.25) is 0 Å². The molecule has 1 aromatic carbocycles. The lowest BCUT2D eigenvalue weighted by atomic mass is 10.2. The second-order valence-corrected chi connectivity index (χ2v) is 5.54. The Morgan fingerprint density at radius 3 is 2.52 bits per heavy atom. The molecule has 0 saturated heterocycles. The molecule has 0 aliphatic carbocycles. The second-order valence-electron chi connectivity index (χ2n) is 5.54. The van der Waals surface area contributed by atoms with Crippen LogP contribution in [0.4, 0.5) is 0 Å². The summed E-state index contributed by atoms with van der Waals surface area (Å²) in [6, 6.07) is 8.38. The SMILES string of the molecule is Cc1cc(CNCc2ccc3c(c2)OCCO3)c(C)n1C. The number of fused-ring (bicyclic) bond motifs is 1. The van der Waals surface area contributed by atoms with Crippen molar-refractivity contribution >= 4 is 0 Å². The van der Waals surface area contributed by atoms with Crippen LogP contribution in [-0.2, 0) is 20.1 Å². The van der Waals surface area contributed by atoms with E-state index in [2.05, 4.69) is 49.0 Å². The van der Waals surface area contributed by atoms with Crippen LogP contribution in [0.5, 0.6) is 11.5 Å². The molecule has 0 amide bonds. The highest BCUT2D eigenvalue weighted by atomic mass is 16.6. The molecule has 0 fully saturated rings. The Morgan fingerprint density at radius 2 is 1.81 bits per heavy atom. The molecule has 2 heterocycles. The van der Waals surface area contributed by atoms with E-state index in [4.69, 9.17) is 9.47 Å². The van der Waals surface area contributed by atoms with Gasteiger partial charge in [0.25, 0.3) is 0 Å². The summed E-state index contributed by atoms with van der Waals surface area (Å²) >= 11 is 0. The zero-order chi connectivity index (χ0) is 14.8. The van der Waals surface area contributed by atoms with Crippen molar-refractivity contribution < 1.29 is 9.47 Å². The minimum absolute atomic E-state index is 0.631. The second kappa shape index (κ2) is 5.82. The lowest BCUT2D eigenvalue weighted by Gasteiger charge is -2.19. The summed E-state index contributed by atoms with van der Waals surface area (Å²) in [5, 5.41) is 3.50. The van der Waals surface area contributed by atoms with Crippen LogP contribution in [0.3, 0.4) is 0 Å². The Hall–Kier alpha value is -1.94. The number of nitrogens with zero attached hydrogens (tertiary/aromatic N) is 1. The zero-order valence-corrected chi connectivity index (χ0v) is 12.9. The third-order valence-corrected chi connectivity index (χ3v) is 4.13. The highest BCUT2D eigenvalue weighted by molar-refractivity contribution is 5.43. The van der Waals surface area contributed by atoms with Crippen molar-refractivity contribution in [3.05, 3.63) is 46.8 Å². The van der Waals surface area contributed by atoms with Gasteiger partial charge in [-0.3, -0.25) is 0 Å². The summed E-state index contributed by atoms with van der Waals surface area (Å²) in [4.78, 5) is 0. The molecule has 1 aliphatic rings. The lowest BCUT2D eigenvalue weighted by Crippen LogP contribution is -2.17. The standard InChI is InChI=1S/C17H22N2O2/c1-12-8-15(13(2)19(12)3)11-18-10-14-4-5-16-17(9-14)21-7-6-20-16/h4-5,8-9,18H,6-7,10-11H2,1-3H3. The third kappa shape index (κ3) is 2.90. The number of nitrogens with one attached hydrogen (secondary N) is 1. The highest BCUT2D eigenvalue weighted by Gasteiger charge is 2.11. The van der Waals surface area contributed by atoms with Crippen molar-refractivity contribution in [2.75, 3.05) is 13.2 Å². The maximum Gasteiger partial charge on any atom is 0.161 e. The topological polar surface area (TPSA) is 35.4 Å². The number of benzene rings is 1. The first-order valence-electron chi connectivity index (χ1n) is 7.36. The molecule has 0 atom stereocenters. The van der Waals surface area contributed by atoms with E-state index in [0.717, 1.165) is 24.6 Å². The Labute approximate surface area is 125 Å². The van der Waals surface area contributed by atoms with Crippen LogP contribution in [0, 0.1) is 13.8 Å². The molecule has 2 aromatic rings. The van der Waals surface area contributed by atoms with Crippen molar-refractivity contribution in [3.63, 3.8) is 0 Å². The molecule has 0 bridgehead atoms. The summed E-state index contributed by atoms with van der Waals surface area (Å²) in [6.07, 6.45) is 0. The smallest absolute Gasteiger partial charge is 0.161 e. The summed E-state index contributed by atoms with van der Waals surface area (Å²) < 4.78 is 13.4. The molecule has 112 valence electrons. The van der Waals surface area contributed by atoms with Gasteiger partial charge in [0.2, 0.25) is 0 Å². The Kier molecular flexibility index (Phi) is 3.88. The van der Waals surface area contributed by atoms with Gasteiger partial charge in [-0.15, -0.1) is 0 Å². The van der Waals surface area contributed by atoms with Gasteiger partial charge >= 0.3 is 0 Å². The number of ether oxygens (including phenoxy) is 2. The van der Waals surface area contributed by atoms with Crippen molar-refractivity contribution in [2.45, 2.75) is 26.9 Å². The van der Waals surface area contributed by atoms with E-state index in [1.54, 1.807) is 0 Å². The van der Waals surface area contributed by atoms with Gasteiger partial charge in [0.1, 0.15) is 13.2 Å². The normalized spacial score (nSPS) is 13.5. The fourth-order valence-corrected chi connectivity index (χ4v) is 2.65. The lowest BCUT2D eigenvalue weighted by molar-refractivity contribution is 0.171. The van der Waals surface area contributed by atoms with E-state index in [-0.39, 0.29) is 0 Å². The van der Waals surface area contributed by atoms with Crippen LogP contribution in [0.25, 0.3) is 0 Å². The molecule has 4 heteroatoms. The highest BCUT2D eigenvalue weighted by Crippen LogP contribution is 2.30. The first-order valence-corrected chi connectivity index (χ1v) is 7.36. The van der Waals surface area contributed by atoms with Crippen LogP contribution in [0.1, 0.15) is 22.5 Å². The third-order valence-electron chi connectivity index (χ3n) is 4.13. The molecule has 0 spiro atoms. The van der Waals surface area contributed by atoms with Gasteiger partial charge in [-0.1, -0.05) is 6.07 Å². The molecular formula is C17H22N2O2. The van der Waals surface area contributed by atoms with E-state index in [0.29, 0.717) is 13.2 Å². The zero-order valence-electron chi connectivity index (χ0n) is 12.9. The van der Waals surface area contributed by atoms with Crippen LogP contribution >= 0.6 is 0 Å². The molecule has 4 nitrogen and oxygen atoms in total. The van der Waals surface area contributed by atoms with E-state index in [1.165, 1.54) is 22.5 Å². The quantitative estimate of drug-likeness (QED) is 0.938. The van der Waals surface area contributed by atoms with Gasteiger partial charge in [0, 0.05) is 31.5 Å². The number of hydrogen-bond acceptors (Lipinski definition) is 3. The predicted molar refractivity (Wildman–Crippen MR) is 82.9 cm³/mol. The Balaban J connectivity index is 1.61. The summed E-state index contributed by atoms with van der Waals surface area (Å²) in [5.41, 5.74) is 5.18. The first kappa shape index (κ1) is 14.0. The van der Waals surface area contributed by atoms with Gasteiger partial charge in [0.05, 0.1) is 0 Å². The molecule has 0 saturated carbocycles. The van der Waals surface area contributed by atoms with Gasteiger partial charge in [-0.2, -0.15) is 0 Å². The number of hydrogen-bond donors (Lipinski definition) is 1. The van der Waals surface area contributed by atoms with Crippen molar-refractivity contribution in [2.24, 2.45) is 7.05 Å². The molecule has 0 unspecified atom stereocenters. The van der Waals surface area contributed by atoms with Gasteiger partial charge < -0.3 is 19.4 Å². The molecular weight excluding hydrogens is 264 g/mol. The van der Waals surface area contributed by atoms with Gasteiger partial charge in [-0.05, 0) is 43.2 Å². The predicted octanol–water partition coefficient (Wildman–Crippen LogP) is 2.70. The molecule has 1 aliphatic heterocycles. The van der Waals surface area contributed by atoms with Crippen LogP contribution in [0.15, 0.2) is 24.3 Å². The molecule has 21 heavy (non-hydrogen) atoms. The Bertz CT molecular complexity index is 646. The summed E-state index contributed by atoms with van der Waals surface area (Å²) in [7, 11) is 2.11. The number of aromatic nitrogens is 1. The fourth-order valence-electron chi connectivity index (χ4n) is 2.65.